The normalized spacial score (nSPS) is 10.3. The number of non-ortho nitro benzene ring substituents is 1. The standard InChI is InChI=1S/C14H14N2O3S/c1-10-7-8-20-13(10)9-15(2)14(17)11-3-5-12(6-4-11)16(18)19/h3-8H,9H2,1-2H3. The van der Waals surface area contributed by atoms with Crippen molar-refractivity contribution in [2.45, 2.75) is 13.5 Å². The van der Waals surface area contributed by atoms with Crippen LogP contribution in [0.3, 0.4) is 0 Å². The average Bonchev–Trinajstić information content (AvgIpc) is 2.83. The Morgan fingerprint density at radius 1 is 1.30 bits per heavy atom. The van der Waals surface area contributed by atoms with Crippen LogP contribution < -0.4 is 0 Å². The van der Waals surface area contributed by atoms with Gasteiger partial charge in [0.15, 0.2) is 0 Å². The van der Waals surface area contributed by atoms with E-state index in [9.17, 15) is 14.9 Å². The average molecular weight is 290 g/mol. The van der Waals surface area contributed by atoms with E-state index in [0.717, 1.165) is 4.88 Å². The third-order valence-corrected chi connectivity index (χ3v) is 4.03. The van der Waals surface area contributed by atoms with Crippen molar-refractivity contribution < 1.29 is 9.72 Å². The zero-order valence-corrected chi connectivity index (χ0v) is 12.0. The lowest BCUT2D eigenvalue weighted by Crippen LogP contribution is -2.26. The van der Waals surface area contributed by atoms with E-state index in [1.165, 1.54) is 29.8 Å². The molecule has 0 N–H and O–H groups in total. The number of hydrogen-bond donors (Lipinski definition) is 0. The number of nitro benzene ring substituents is 1. The first-order chi connectivity index (χ1) is 9.49. The van der Waals surface area contributed by atoms with Crippen LogP contribution in [0.1, 0.15) is 20.8 Å². The molecular formula is C14H14N2O3S. The van der Waals surface area contributed by atoms with E-state index in [1.807, 2.05) is 18.4 Å². The van der Waals surface area contributed by atoms with Crippen molar-refractivity contribution in [3.63, 3.8) is 0 Å². The van der Waals surface area contributed by atoms with E-state index in [1.54, 1.807) is 23.3 Å². The zero-order valence-electron chi connectivity index (χ0n) is 11.2. The van der Waals surface area contributed by atoms with Gasteiger partial charge in [0, 0.05) is 29.6 Å². The van der Waals surface area contributed by atoms with E-state index < -0.39 is 4.92 Å². The molecule has 1 amide bonds. The summed E-state index contributed by atoms with van der Waals surface area (Å²) in [7, 11) is 1.73. The number of thiophene rings is 1. The Kier molecular flexibility index (Phi) is 4.14. The molecule has 2 rings (SSSR count). The largest absolute Gasteiger partial charge is 0.337 e. The minimum absolute atomic E-state index is 0.0155. The van der Waals surface area contributed by atoms with E-state index in [0.29, 0.717) is 12.1 Å². The van der Waals surface area contributed by atoms with Gasteiger partial charge in [-0.1, -0.05) is 0 Å². The van der Waals surface area contributed by atoms with Crippen LogP contribution in [0.2, 0.25) is 0 Å². The molecule has 0 aliphatic carbocycles. The molecule has 0 atom stereocenters. The summed E-state index contributed by atoms with van der Waals surface area (Å²) < 4.78 is 0. The fourth-order valence-electron chi connectivity index (χ4n) is 1.80. The van der Waals surface area contributed by atoms with Crippen molar-refractivity contribution in [2.75, 3.05) is 7.05 Å². The van der Waals surface area contributed by atoms with Gasteiger partial charge in [0.05, 0.1) is 11.5 Å². The summed E-state index contributed by atoms with van der Waals surface area (Å²) in [6.07, 6.45) is 0. The molecule has 0 aliphatic rings. The Morgan fingerprint density at radius 2 is 1.95 bits per heavy atom. The summed E-state index contributed by atoms with van der Waals surface area (Å²) in [5, 5.41) is 12.6. The van der Waals surface area contributed by atoms with Gasteiger partial charge < -0.3 is 4.90 Å². The van der Waals surface area contributed by atoms with Gasteiger partial charge >= 0.3 is 0 Å². The molecule has 5 nitrogen and oxygen atoms in total. The molecule has 1 aromatic carbocycles. The molecule has 0 saturated carbocycles. The number of rotatable bonds is 4. The maximum absolute atomic E-state index is 12.2. The molecule has 0 radical (unpaired) electrons. The first-order valence-corrected chi connectivity index (χ1v) is 6.90. The molecule has 0 fully saturated rings. The molecule has 0 unspecified atom stereocenters. The third kappa shape index (κ3) is 3.03. The Bertz CT molecular complexity index is 634. The number of carbonyl (C=O) groups excluding carboxylic acids is 1. The topological polar surface area (TPSA) is 63.5 Å². The number of nitrogens with zero attached hydrogens (tertiary/aromatic N) is 2. The smallest absolute Gasteiger partial charge is 0.269 e. The van der Waals surface area contributed by atoms with Crippen LogP contribution in [-0.2, 0) is 6.54 Å². The van der Waals surface area contributed by atoms with Gasteiger partial charge in [-0.25, -0.2) is 0 Å². The van der Waals surface area contributed by atoms with Gasteiger partial charge in [-0.3, -0.25) is 14.9 Å². The molecule has 0 aliphatic heterocycles. The van der Waals surface area contributed by atoms with Crippen LogP contribution in [0.15, 0.2) is 35.7 Å². The molecule has 6 heteroatoms. The second kappa shape index (κ2) is 5.83. The molecule has 1 aromatic heterocycles. The summed E-state index contributed by atoms with van der Waals surface area (Å²) in [6.45, 7) is 2.55. The summed E-state index contributed by atoms with van der Waals surface area (Å²) >= 11 is 1.61. The van der Waals surface area contributed by atoms with Crippen molar-refractivity contribution in [1.82, 2.24) is 4.90 Å². The second-order valence-electron chi connectivity index (χ2n) is 4.49. The summed E-state index contributed by atoms with van der Waals surface area (Å²) in [5.74, 6) is -0.146. The van der Waals surface area contributed by atoms with Crippen molar-refractivity contribution in [2.24, 2.45) is 0 Å². The van der Waals surface area contributed by atoms with E-state index >= 15 is 0 Å². The fraction of sp³-hybridized carbons (Fsp3) is 0.214. The molecule has 20 heavy (non-hydrogen) atoms. The van der Waals surface area contributed by atoms with Gasteiger partial charge in [-0.15, -0.1) is 11.3 Å². The molecule has 0 saturated heterocycles. The predicted octanol–water partition coefficient (Wildman–Crippen LogP) is 3.24. The Labute approximate surface area is 120 Å². The number of carbonyl (C=O) groups is 1. The van der Waals surface area contributed by atoms with Gasteiger partial charge in [0.2, 0.25) is 0 Å². The second-order valence-corrected chi connectivity index (χ2v) is 5.49. The minimum atomic E-state index is -0.479. The highest BCUT2D eigenvalue weighted by atomic mass is 32.1. The lowest BCUT2D eigenvalue weighted by Gasteiger charge is -2.16. The zero-order chi connectivity index (χ0) is 14.7. The van der Waals surface area contributed by atoms with E-state index in [4.69, 9.17) is 0 Å². The number of aryl methyl sites for hydroxylation is 1. The Morgan fingerprint density at radius 3 is 2.45 bits per heavy atom. The highest BCUT2D eigenvalue weighted by Gasteiger charge is 2.15. The predicted molar refractivity (Wildman–Crippen MR) is 77.9 cm³/mol. The molecule has 104 valence electrons. The molecule has 0 bridgehead atoms. The number of nitro groups is 1. The highest BCUT2D eigenvalue weighted by Crippen LogP contribution is 2.19. The fourth-order valence-corrected chi connectivity index (χ4v) is 2.76. The van der Waals surface area contributed by atoms with Gasteiger partial charge in [-0.05, 0) is 36.1 Å². The summed E-state index contributed by atoms with van der Waals surface area (Å²) in [6, 6.07) is 7.68. The lowest BCUT2D eigenvalue weighted by atomic mass is 10.2. The first-order valence-electron chi connectivity index (χ1n) is 6.02. The van der Waals surface area contributed by atoms with Gasteiger partial charge in [-0.2, -0.15) is 0 Å². The lowest BCUT2D eigenvalue weighted by molar-refractivity contribution is -0.384. The first kappa shape index (κ1) is 14.2. The number of benzene rings is 1. The van der Waals surface area contributed by atoms with Crippen LogP contribution in [0.4, 0.5) is 5.69 Å². The van der Waals surface area contributed by atoms with Crippen molar-refractivity contribution >= 4 is 22.9 Å². The Hall–Kier alpha value is -2.21. The molecule has 0 spiro atoms. The van der Waals surface area contributed by atoms with Crippen molar-refractivity contribution in [3.8, 4) is 0 Å². The monoisotopic (exact) mass is 290 g/mol. The van der Waals surface area contributed by atoms with Gasteiger partial charge in [0.25, 0.3) is 11.6 Å². The van der Waals surface area contributed by atoms with Crippen molar-refractivity contribution in [3.05, 3.63) is 61.8 Å². The quantitative estimate of drug-likeness (QED) is 0.641. The maximum atomic E-state index is 12.2. The SMILES string of the molecule is Cc1ccsc1CN(C)C(=O)c1ccc([N+](=O)[O-])cc1. The van der Waals surface area contributed by atoms with E-state index in [-0.39, 0.29) is 11.6 Å². The Balaban J connectivity index is 2.10. The minimum Gasteiger partial charge on any atom is -0.337 e. The number of amides is 1. The van der Waals surface area contributed by atoms with Crippen LogP contribution in [0, 0.1) is 17.0 Å². The maximum Gasteiger partial charge on any atom is 0.269 e. The summed E-state index contributed by atoms with van der Waals surface area (Å²) in [5.41, 5.74) is 1.60. The van der Waals surface area contributed by atoms with Crippen LogP contribution >= 0.6 is 11.3 Å². The summed E-state index contributed by atoms with van der Waals surface area (Å²) in [4.78, 5) is 25.1. The molecule has 2 aromatic rings. The number of hydrogen-bond acceptors (Lipinski definition) is 4. The third-order valence-electron chi connectivity index (χ3n) is 3.02. The van der Waals surface area contributed by atoms with Crippen LogP contribution in [-0.4, -0.2) is 22.8 Å². The molecular weight excluding hydrogens is 276 g/mol. The van der Waals surface area contributed by atoms with Crippen molar-refractivity contribution in [1.29, 1.82) is 0 Å². The highest BCUT2D eigenvalue weighted by molar-refractivity contribution is 7.10. The van der Waals surface area contributed by atoms with Gasteiger partial charge in [0.1, 0.15) is 0 Å². The van der Waals surface area contributed by atoms with Crippen LogP contribution in [0.5, 0.6) is 0 Å². The van der Waals surface area contributed by atoms with Crippen LogP contribution in [0.25, 0.3) is 0 Å². The molecule has 1 heterocycles. The van der Waals surface area contributed by atoms with E-state index in [2.05, 4.69) is 0 Å².